The summed E-state index contributed by atoms with van der Waals surface area (Å²) in [5, 5.41) is 2.78. The highest BCUT2D eigenvalue weighted by molar-refractivity contribution is 9.13. The van der Waals surface area contributed by atoms with Crippen LogP contribution < -0.4 is 5.32 Å². The third kappa shape index (κ3) is 3.58. The molecule has 8 heteroatoms. The van der Waals surface area contributed by atoms with E-state index in [1.807, 2.05) is 0 Å². The zero-order valence-electron chi connectivity index (χ0n) is 8.94. The van der Waals surface area contributed by atoms with Crippen molar-refractivity contribution in [3.05, 3.63) is 46.6 Å². The van der Waals surface area contributed by atoms with Gasteiger partial charge in [-0.3, -0.25) is 4.79 Å². The van der Waals surface area contributed by atoms with Crippen LogP contribution >= 0.6 is 70.7 Å². The molecule has 1 heterocycles. The molecule has 2 rings (SSSR count). The van der Waals surface area contributed by atoms with Crippen LogP contribution in [0.2, 0.25) is 5.02 Å². The fourth-order valence-electron chi connectivity index (χ4n) is 1.30. The summed E-state index contributed by atoms with van der Waals surface area (Å²) in [5.74, 6) is -0.790. The number of thiophene rings is 1. The van der Waals surface area contributed by atoms with Crippen molar-refractivity contribution in [3.8, 4) is 0 Å². The average molecular weight is 492 g/mol. The van der Waals surface area contributed by atoms with Gasteiger partial charge < -0.3 is 5.32 Å². The van der Waals surface area contributed by atoms with Crippen molar-refractivity contribution in [3.63, 3.8) is 0 Å². The van der Waals surface area contributed by atoms with Crippen molar-refractivity contribution >= 4 is 82.3 Å². The molecule has 0 aliphatic rings. The second-order valence-electron chi connectivity index (χ2n) is 3.43. The highest BCUT2D eigenvalue weighted by Gasteiger charge is 2.16. The normalized spacial score (nSPS) is 10.6. The van der Waals surface area contributed by atoms with E-state index in [1.54, 1.807) is 6.07 Å². The van der Waals surface area contributed by atoms with Crippen LogP contribution in [0.15, 0.2) is 30.9 Å². The summed E-state index contributed by atoms with van der Waals surface area (Å²) >= 11 is 17.0. The third-order valence-electron chi connectivity index (χ3n) is 2.11. The second kappa shape index (κ2) is 6.22. The maximum atomic E-state index is 13.1. The first kappa shape index (κ1) is 15.4. The van der Waals surface area contributed by atoms with E-state index >= 15 is 0 Å². The first-order valence-corrected chi connectivity index (χ1v) is 8.36. The number of nitrogens with one attached hydrogen (secondary N) is 1. The van der Waals surface area contributed by atoms with Crippen molar-refractivity contribution in [2.75, 3.05) is 5.32 Å². The van der Waals surface area contributed by atoms with Crippen molar-refractivity contribution in [1.82, 2.24) is 0 Å². The first-order valence-electron chi connectivity index (χ1n) is 4.79. The number of amides is 1. The number of rotatable bonds is 2. The van der Waals surface area contributed by atoms with Gasteiger partial charge in [-0.15, -0.1) is 11.3 Å². The Morgan fingerprint density at radius 1 is 1.21 bits per heavy atom. The molecule has 2 aromatic rings. The van der Waals surface area contributed by atoms with Crippen LogP contribution in [0.25, 0.3) is 0 Å². The summed E-state index contributed by atoms with van der Waals surface area (Å²) in [6, 6.07) is 4.07. The summed E-state index contributed by atoms with van der Waals surface area (Å²) < 4.78 is 15.1. The van der Waals surface area contributed by atoms with Gasteiger partial charge in [0.15, 0.2) is 0 Å². The minimum Gasteiger partial charge on any atom is -0.319 e. The number of anilines is 1. The molecule has 1 amide bonds. The van der Waals surface area contributed by atoms with E-state index in [-0.39, 0.29) is 10.9 Å². The first-order chi connectivity index (χ1) is 8.88. The molecule has 0 unspecified atom stereocenters. The lowest BCUT2D eigenvalue weighted by molar-refractivity contribution is 0.103. The average Bonchev–Trinajstić information content (AvgIpc) is 2.64. The van der Waals surface area contributed by atoms with Gasteiger partial charge in [0.1, 0.15) is 5.82 Å². The summed E-state index contributed by atoms with van der Waals surface area (Å²) in [7, 11) is 0. The molecule has 19 heavy (non-hydrogen) atoms. The highest BCUT2D eigenvalue weighted by Crippen LogP contribution is 2.35. The number of benzene rings is 1. The quantitative estimate of drug-likeness (QED) is 0.541. The van der Waals surface area contributed by atoms with E-state index in [0.717, 1.165) is 14.3 Å². The Morgan fingerprint density at radius 2 is 1.89 bits per heavy atom. The number of carbonyl (C=O) groups excluding carboxylic acids is 1. The van der Waals surface area contributed by atoms with E-state index < -0.39 is 5.82 Å². The van der Waals surface area contributed by atoms with Crippen molar-refractivity contribution in [1.29, 1.82) is 0 Å². The molecule has 1 N–H and O–H groups in total. The largest absolute Gasteiger partial charge is 0.319 e. The Labute approximate surface area is 142 Å². The third-order valence-corrected chi connectivity index (χ3v) is 6.29. The van der Waals surface area contributed by atoms with Gasteiger partial charge in [0.25, 0.3) is 5.91 Å². The van der Waals surface area contributed by atoms with Crippen molar-refractivity contribution in [2.24, 2.45) is 0 Å². The molecule has 1 aromatic carbocycles. The molecule has 0 fully saturated rings. The van der Waals surface area contributed by atoms with Gasteiger partial charge in [-0.1, -0.05) is 11.6 Å². The minimum atomic E-state index is -0.475. The smallest absolute Gasteiger partial charge is 0.265 e. The molecule has 0 bridgehead atoms. The summed E-state index contributed by atoms with van der Waals surface area (Å²) in [6.07, 6.45) is 0. The fraction of sp³-hybridized carbons (Fsp3) is 0. The van der Waals surface area contributed by atoms with Gasteiger partial charge in [0.2, 0.25) is 0 Å². The van der Waals surface area contributed by atoms with E-state index in [1.165, 1.54) is 17.4 Å². The lowest BCUT2D eigenvalue weighted by Crippen LogP contribution is -2.11. The minimum absolute atomic E-state index is 0.134. The zero-order valence-corrected chi connectivity index (χ0v) is 15.3. The molecule has 0 aliphatic heterocycles. The zero-order chi connectivity index (χ0) is 14.2. The Kier molecular flexibility index (Phi) is 5.05. The van der Waals surface area contributed by atoms with Crippen LogP contribution in [0.1, 0.15) is 9.67 Å². The van der Waals surface area contributed by atoms with Crippen LogP contribution in [0, 0.1) is 5.82 Å². The molecule has 2 nitrogen and oxygen atoms in total. The monoisotopic (exact) mass is 489 g/mol. The summed E-state index contributed by atoms with van der Waals surface area (Å²) in [5.41, 5.74) is 0.341. The van der Waals surface area contributed by atoms with E-state index in [9.17, 15) is 9.18 Å². The van der Waals surface area contributed by atoms with E-state index in [2.05, 4.69) is 53.1 Å². The molecular weight excluding hydrogens is 488 g/mol. The predicted molar refractivity (Wildman–Crippen MR) is 86.8 cm³/mol. The van der Waals surface area contributed by atoms with Gasteiger partial charge in [-0.2, -0.15) is 0 Å². The van der Waals surface area contributed by atoms with Gasteiger partial charge in [-0.05, 0) is 66.0 Å². The molecule has 100 valence electrons. The molecule has 0 saturated heterocycles. The molecular formula is C11H4Br3ClFNOS. The molecule has 0 radical (unpaired) electrons. The second-order valence-corrected chi connectivity index (χ2v) is 7.92. The van der Waals surface area contributed by atoms with E-state index in [4.69, 9.17) is 11.6 Å². The van der Waals surface area contributed by atoms with Gasteiger partial charge >= 0.3 is 0 Å². The molecule has 0 spiro atoms. The summed E-state index contributed by atoms with van der Waals surface area (Å²) in [6.45, 7) is 0. The number of halogens is 5. The lowest BCUT2D eigenvalue weighted by Gasteiger charge is -2.08. The maximum Gasteiger partial charge on any atom is 0.265 e. The van der Waals surface area contributed by atoms with Crippen molar-refractivity contribution < 1.29 is 9.18 Å². The molecule has 1 aromatic heterocycles. The number of hydrogen-bond acceptors (Lipinski definition) is 2. The Morgan fingerprint density at radius 3 is 2.42 bits per heavy atom. The van der Waals surface area contributed by atoms with Crippen LogP contribution in [-0.2, 0) is 0 Å². The van der Waals surface area contributed by atoms with Gasteiger partial charge in [-0.25, -0.2) is 4.39 Å². The lowest BCUT2D eigenvalue weighted by atomic mass is 10.3. The van der Waals surface area contributed by atoms with E-state index in [0.29, 0.717) is 15.0 Å². The fourth-order valence-corrected chi connectivity index (χ4v) is 4.12. The standard InChI is InChI=1S/C11H4Br3ClFNOS/c12-5-1-4(16)2-7(15)9(5)17-11(18)8-3-6(13)10(14)19-8/h1-3H,(H,17,18). The Balaban J connectivity index is 2.29. The Hall–Kier alpha value is 0.0500. The van der Waals surface area contributed by atoms with Crippen LogP contribution in [0.3, 0.4) is 0 Å². The SMILES string of the molecule is O=C(Nc1c(Cl)cc(F)cc1Br)c1cc(Br)c(Br)s1. The predicted octanol–water partition coefficient (Wildman–Crippen LogP) is 6.08. The molecule has 0 aliphatic carbocycles. The van der Waals surface area contributed by atoms with Gasteiger partial charge in [0, 0.05) is 8.95 Å². The maximum absolute atomic E-state index is 13.1. The number of carbonyl (C=O) groups is 1. The number of hydrogen-bond donors (Lipinski definition) is 1. The van der Waals surface area contributed by atoms with Crippen molar-refractivity contribution in [2.45, 2.75) is 0 Å². The van der Waals surface area contributed by atoms with Crippen LogP contribution in [-0.4, -0.2) is 5.91 Å². The van der Waals surface area contributed by atoms with Gasteiger partial charge in [0.05, 0.1) is 19.4 Å². The van der Waals surface area contributed by atoms with Crippen LogP contribution in [0.5, 0.6) is 0 Å². The summed E-state index contributed by atoms with van der Waals surface area (Å²) in [4.78, 5) is 12.6. The van der Waals surface area contributed by atoms with Crippen LogP contribution in [0.4, 0.5) is 10.1 Å². The molecule has 0 saturated carbocycles. The molecule has 0 atom stereocenters. The highest BCUT2D eigenvalue weighted by atomic mass is 79.9. The topological polar surface area (TPSA) is 29.1 Å². The Bertz CT molecular complexity index is 619.